The number of rotatable bonds is 5. The second kappa shape index (κ2) is 24.1. The number of carbonyl (C=O) groups excluding carboxylic acids is 5. The van der Waals surface area contributed by atoms with Crippen LogP contribution in [0, 0.1) is 40.9 Å². The van der Waals surface area contributed by atoms with Crippen LogP contribution in [0.5, 0.6) is 0 Å². The lowest BCUT2D eigenvalue weighted by atomic mass is 9.76. The topological polar surface area (TPSA) is 166 Å². The maximum absolute atomic E-state index is 16.2. The van der Waals surface area contributed by atoms with E-state index < -0.39 is 83.2 Å². The van der Waals surface area contributed by atoms with Crippen molar-refractivity contribution < 1.29 is 57.5 Å². The molecular weight excluding hydrogens is 834 g/mol. The van der Waals surface area contributed by atoms with Gasteiger partial charge in [-0.05, 0) is 113 Å². The van der Waals surface area contributed by atoms with E-state index in [1.165, 1.54) is 25.0 Å². The molecule has 3 heterocycles. The Morgan fingerprint density at radius 3 is 2.31 bits per heavy atom. The monoisotopic (exact) mass is 914 g/mol. The van der Waals surface area contributed by atoms with E-state index in [1.807, 2.05) is 51.2 Å². The molecule has 1 amide bonds. The zero-order valence-corrected chi connectivity index (χ0v) is 41.1. The van der Waals surface area contributed by atoms with Crippen molar-refractivity contribution in [2.45, 2.75) is 188 Å². The highest BCUT2D eigenvalue weighted by Gasteiger charge is 2.53. The molecule has 1 saturated carbocycles. The van der Waals surface area contributed by atoms with Gasteiger partial charge < -0.3 is 34.1 Å². The van der Waals surface area contributed by atoms with Gasteiger partial charge in [0.05, 0.1) is 18.3 Å². The van der Waals surface area contributed by atoms with Crippen LogP contribution in [-0.2, 0) is 42.9 Å². The number of cyclic esters (lactones) is 1. The van der Waals surface area contributed by atoms with Crippen molar-refractivity contribution >= 4 is 29.2 Å². The fourth-order valence-corrected chi connectivity index (χ4v) is 10.2. The largest absolute Gasteiger partial charge is 0.460 e. The number of nitrogens with zero attached hydrogens (tertiary/aromatic N) is 1. The van der Waals surface area contributed by atoms with E-state index in [-0.39, 0.29) is 60.4 Å². The normalized spacial score (nSPS) is 40.1. The molecule has 3 fully saturated rings. The summed E-state index contributed by atoms with van der Waals surface area (Å²) in [6.07, 6.45) is 11.1. The molecule has 65 heavy (non-hydrogen) atoms. The Hall–Kier alpha value is -3.36. The zero-order valence-electron chi connectivity index (χ0n) is 41.1. The molecule has 13 heteroatoms. The minimum absolute atomic E-state index is 0.00325. The van der Waals surface area contributed by atoms with Gasteiger partial charge in [-0.1, -0.05) is 90.5 Å². The highest BCUT2D eigenvalue weighted by Crippen LogP contribution is 2.41. The van der Waals surface area contributed by atoms with Crippen LogP contribution in [-0.4, -0.2) is 114 Å². The number of aliphatic hydroxyl groups excluding tert-OH is 1. The van der Waals surface area contributed by atoms with Gasteiger partial charge in [-0.3, -0.25) is 19.2 Å². The van der Waals surface area contributed by atoms with Gasteiger partial charge in [0.25, 0.3) is 11.7 Å². The molecule has 2 saturated heterocycles. The van der Waals surface area contributed by atoms with E-state index in [4.69, 9.17) is 18.9 Å². The van der Waals surface area contributed by atoms with Crippen molar-refractivity contribution in [1.29, 1.82) is 0 Å². The average molecular weight is 914 g/mol. The summed E-state index contributed by atoms with van der Waals surface area (Å²) in [6.45, 7) is 16.7. The van der Waals surface area contributed by atoms with E-state index in [2.05, 4.69) is 13.8 Å². The van der Waals surface area contributed by atoms with Crippen LogP contribution in [0.25, 0.3) is 0 Å². The number of ketones is 3. The van der Waals surface area contributed by atoms with E-state index >= 15 is 4.39 Å². The first-order chi connectivity index (χ1) is 30.5. The van der Waals surface area contributed by atoms with Crippen LogP contribution < -0.4 is 0 Å². The standard InChI is InChI=1S/C52H80FNO11/c1-31-17-13-12-14-18-36(6)51(8,9)30-39-22-20-37(7)52(61,65-39)48(58)49(59)54-24-16-15-19-40(54)50(60)64-43(33(3)27-38-21-23-41(55)44(28-38)62-10)29-42(56)32(2)26-34(4)45(53)47(63-11)46(57)35(5)25-31/h12-14,17-18,26,31-33,35,37-41,43-45,47,55,61H,15-16,19-25,27-30H2,1-11H3/b14-12+,17-13+,34-26+,36-18+/t31-,32-,33-,35-,37-,38?,39+,40?,41-,43+,44-,45?,47-,52-/m1/s1. The number of amides is 1. The Kier molecular flexibility index (Phi) is 20.1. The first-order valence-corrected chi connectivity index (χ1v) is 24.1. The lowest BCUT2D eigenvalue weighted by Gasteiger charge is -2.44. The summed E-state index contributed by atoms with van der Waals surface area (Å²) in [4.78, 5) is 71.7. The number of hydrogen-bond acceptors (Lipinski definition) is 11. The molecule has 2 N–H and O–H groups in total. The molecule has 12 nitrogen and oxygen atoms in total. The fourth-order valence-electron chi connectivity index (χ4n) is 10.2. The molecule has 3 aliphatic heterocycles. The van der Waals surface area contributed by atoms with Crippen LogP contribution in [0.2, 0.25) is 0 Å². The molecule has 366 valence electrons. The lowest BCUT2D eigenvalue weighted by molar-refractivity contribution is -0.266. The van der Waals surface area contributed by atoms with Crippen molar-refractivity contribution in [2.75, 3.05) is 20.8 Å². The maximum Gasteiger partial charge on any atom is 0.329 e. The van der Waals surface area contributed by atoms with Gasteiger partial charge in [0.1, 0.15) is 17.9 Å². The summed E-state index contributed by atoms with van der Waals surface area (Å²) in [6, 6.07) is -1.14. The fraction of sp³-hybridized carbons (Fsp3) is 0.750. The molecule has 0 aromatic rings. The Morgan fingerprint density at radius 1 is 0.923 bits per heavy atom. The number of aliphatic hydroxyl groups is 2. The van der Waals surface area contributed by atoms with Gasteiger partial charge in [-0.2, -0.15) is 0 Å². The third-order valence-electron chi connectivity index (χ3n) is 14.9. The van der Waals surface area contributed by atoms with E-state index in [0.29, 0.717) is 64.2 Å². The minimum atomic E-state index is -2.40. The number of carbonyl (C=O) groups is 5. The van der Waals surface area contributed by atoms with Crippen molar-refractivity contribution in [3.8, 4) is 0 Å². The average Bonchev–Trinajstić information content (AvgIpc) is 3.26. The number of Topliss-reactive ketones (excluding diaryl/α,β-unsaturated/α-hetero) is 3. The number of halogens is 1. The molecule has 0 aromatic heterocycles. The third kappa shape index (κ3) is 14.1. The van der Waals surface area contributed by atoms with Crippen LogP contribution in [0.15, 0.2) is 47.6 Å². The quantitative estimate of drug-likeness (QED) is 0.155. The second-order valence-electron chi connectivity index (χ2n) is 20.6. The summed E-state index contributed by atoms with van der Waals surface area (Å²) in [5, 5.41) is 22.4. The van der Waals surface area contributed by atoms with Crippen molar-refractivity contribution in [3.63, 3.8) is 0 Å². The third-order valence-corrected chi connectivity index (χ3v) is 14.9. The summed E-state index contributed by atoms with van der Waals surface area (Å²) in [5.41, 5.74) is 0.804. The Morgan fingerprint density at radius 2 is 1.63 bits per heavy atom. The lowest BCUT2D eigenvalue weighted by Crippen LogP contribution is -2.61. The molecule has 4 rings (SSSR count). The van der Waals surface area contributed by atoms with Gasteiger partial charge in [0.2, 0.25) is 5.79 Å². The zero-order chi connectivity index (χ0) is 48.4. The summed E-state index contributed by atoms with van der Waals surface area (Å²) in [5.74, 6) is -8.24. The second-order valence-corrected chi connectivity index (χ2v) is 20.6. The predicted octanol–water partition coefficient (Wildman–Crippen LogP) is 8.17. The highest BCUT2D eigenvalue weighted by atomic mass is 19.1. The SMILES string of the molecule is CO[C@H]1C(=O)[C@H](C)C[C@H](C)/C=C/C=C/C=C(\C)C(C)(C)C[C@@H]2CC[C@@H](C)[C@@](O)(O2)C(=O)C(=O)N2CCCCC2C(=O)O[C@H]([C@H](C)CC2CC[C@@H](O)[C@H](OC)C2)CC(=O)[C@H](C)/C=C(\C)C1F. The molecule has 0 aromatic carbocycles. The predicted molar refractivity (Wildman–Crippen MR) is 247 cm³/mol. The van der Waals surface area contributed by atoms with Gasteiger partial charge >= 0.3 is 5.97 Å². The maximum atomic E-state index is 16.2. The Labute approximate surface area is 387 Å². The minimum Gasteiger partial charge on any atom is -0.460 e. The number of fused-ring (bicyclic) bond motifs is 3. The first-order valence-electron chi connectivity index (χ1n) is 24.1. The smallest absolute Gasteiger partial charge is 0.329 e. The Balaban J connectivity index is 1.71. The number of esters is 1. The van der Waals surface area contributed by atoms with Crippen LogP contribution in [0.4, 0.5) is 4.39 Å². The molecule has 3 unspecified atom stereocenters. The van der Waals surface area contributed by atoms with Crippen molar-refractivity contribution in [2.24, 2.45) is 40.9 Å². The number of allylic oxidation sites excluding steroid dienone is 7. The van der Waals surface area contributed by atoms with Crippen LogP contribution in [0.1, 0.15) is 139 Å². The number of ether oxygens (including phenoxy) is 4. The molecule has 0 radical (unpaired) electrons. The van der Waals surface area contributed by atoms with Crippen LogP contribution in [0.3, 0.4) is 0 Å². The number of hydrogen-bond donors (Lipinski definition) is 2. The summed E-state index contributed by atoms with van der Waals surface area (Å²) in [7, 11) is 2.87. The number of alkyl halides is 1. The van der Waals surface area contributed by atoms with Crippen molar-refractivity contribution in [1.82, 2.24) is 4.90 Å². The van der Waals surface area contributed by atoms with Crippen LogP contribution >= 0.6 is 0 Å². The molecule has 2 bridgehead atoms. The van der Waals surface area contributed by atoms with Gasteiger partial charge in [0.15, 0.2) is 18.1 Å². The summed E-state index contributed by atoms with van der Waals surface area (Å²) >= 11 is 0. The van der Waals surface area contributed by atoms with Gasteiger partial charge in [0, 0.05) is 44.9 Å². The number of piperidine rings is 1. The Bertz CT molecular complexity index is 1790. The molecule has 1 aliphatic carbocycles. The van der Waals surface area contributed by atoms with E-state index in [9.17, 15) is 34.2 Å². The molecular formula is C52H80FNO11. The molecule has 4 aliphatic rings. The highest BCUT2D eigenvalue weighted by molar-refractivity contribution is 6.39. The van der Waals surface area contributed by atoms with Gasteiger partial charge in [-0.15, -0.1) is 0 Å². The first kappa shape index (κ1) is 54.2. The molecule has 14 atom stereocenters. The van der Waals surface area contributed by atoms with Crippen molar-refractivity contribution in [3.05, 3.63) is 47.6 Å². The van der Waals surface area contributed by atoms with Gasteiger partial charge in [-0.25, -0.2) is 9.18 Å². The molecule has 0 spiro atoms. The van der Waals surface area contributed by atoms with E-state index in [0.717, 1.165) is 5.57 Å². The van der Waals surface area contributed by atoms with E-state index in [1.54, 1.807) is 27.9 Å². The summed E-state index contributed by atoms with van der Waals surface area (Å²) < 4.78 is 39.7. The number of methoxy groups -OCH3 is 2.